The van der Waals surface area contributed by atoms with Crippen LogP contribution in [0.1, 0.15) is 11.1 Å². The second-order valence-electron chi connectivity index (χ2n) is 4.10. The quantitative estimate of drug-likeness (QED) is 0.533. The topological polar surface area (TPSA) is 50.7 Å². The van der Waals surface area contributed by atoms with Crippen molar-refractivity contribution < 1.29 is 8.78 Å². The second kappa shape index (κ2) is 7.54. The van der Waals surface area contributed by atoms with Crippen molar-refractivity contribution in [2.75, 3.05) is 0 Å². The Balaban J connectivity index is 1.94. The Morgan fingerprint density at radius 2 is 1.86 bits per heavy atom. The number of nitrogens with zero attached hydrogens (tertiary/aromatic N) is 2. The molecule has 0 aliphatic rings. The maximum atomic E-state index is 13.3. The summed E-state index contributed by atoms with van der Waals surface area (Å²) in [7, 11) is 0. The van der Waals surface area contributed by atoms with Crippen LogP contribution < -0.4 is 5.73 Å². The molecule has 0 atom stereocenters. The largest absolute Gasteiger partial charge is 0.377 e. The molecular weight excluding hydrogens is 292 g/mol. The van der Waals surface area contributed by atoms with E-state index < -0.39 is 11.6 Å². The highest BCUT2D eigenvalue weighted by Gasteiger charge is 2.04. The predicted molar refractivity (Wildman–Crippen MR) is 83.3 cm³/mol. The van der Waals surface area contributed by atoms with Gasteiger partial charge in [-0.1, -0.05) is 54.2 Å². The van der Waals surface area contributed by atoms with Gasteiger partial charge in [-0.05, 0) is 11.6 Å². The minimum atomic E-state index is -0.952. The molecule has 0 saturated carbocycles. The molecule has 0 spiro atoms. The molecule has 0 fully saturated rings. The normalized spacial score (nSPS) is 12.0. The number of rotatable bonds is 4. The fourth-order valence-corrected chi connectivity index (χ4v) is 2.14. The van der Waals surface area contributed by atoms with Crippen LogP contribution in [0.2, 0.25) is 0 Å². The second-order valence-corrected chi connectivity index (χ2v) is 5.10. The molecule has 108 valence electrons. The fourth-order valence-electron chi connectivity index (χ4n) is 1.53. The van der Waals surface area contributed by atoms with E-state index in [0.717, 1.165) is 17.8 Å². The first-order valence-electron chi connectivity index (χ1n) is 6.14. The van der Waals surface area contributed by atoms with Gasteiger partial charge in [-0.2, -0.15) is 5.10 Å². The highest BCUT2D eigenvalue weighted by atomic mass is 32.2. The number of nitrogens with two attached hydrogens (primary N) is 1. The number of halogens is 2. The van der Waals surface area contributed by atoms with Crippen molar-refractivity contribution in [3.8, 4) is 0 Å². The zero-order chi connectivity index (χ0) is 15.1. The Morgan fingerprint density at radius 3 is 2.62 bits per heavy atom. The van der Waals surface area contributed by atoms with Gasteiger partial charge >= 0.3 is 0 Å². The predicted octanol–water partition coefficient (Wildman–Crippen LogP) is 3.55. The molecule has 21 heavy (non-hydrogen) atoms. The summed E-state index contributed by atoms with van der Waals surface area (Å²) in [4.78, 5) is 0. The summed E-state index contributed by atoms with van der Waals surface area (Å²) in [5.74, 6) is -1.21. The minimum absolute atomic E-state index is 0.0274. The molecule has 2 N–H and O–H groups in total. The van der Waals surface area contributed by atoms with Crippen molar-refractivity contribution >= 4 is 23.1 Å². The number of hydrogen-bond donors (Lipinski definition) is 1. The van der Waals surface area contributed by atoms with Crippen molar-refractivity contribution in [2.24, 2.45) is 15.9 Å². The molecule has 2 aromatic carbocycles. The Bertz CT molecular complexity index is 657. The summed E-state index contributed by atoms with van der Waals surface area (Å²) in [5.41, 5.74) is 6.82. The average molecular weight is 305 g/mol. The van der Waals surface area contributed by atoms with E-state index in [1.165, 1.54) is 23.9 Å². The van der Waals surface area contributed by atoms with Gasteiger partial charge in [-0.3, -0.25) is 0 Å². The van der Waals surface area contributed by atoms with Crippen LogP contribution >= 0.6 is 11.8 Å². The van der Waals surface area contributed by atoms with Crippen LogP contribution in [-0.4, -0.2) is 11.4 Å². The van der Waals surface area contributed by atoms with Crippen LogP contribution in [0.15, 0.2) is 58.7 Å². The van der Waals surface area contributed by atoms with Crippen LogP contribution in [0.3, 0.4) is 0 Å². The monoisotopic (exact) mass is 305 g/mol. The number of hydrogen-bond acceptors (Lipinski definition) is 3. The number of amidine groups is 1. The van der Waals surface area contributed by atoms with Gasteiger partial charge in [-0.15, -0.1) is 5.10 Å². The summed E-state index contributed by atoms with van der Waals surface area (Å²) in [6.45, 7) is 0. The lowest BCUT2D eigenvalue weighted by atomic mass is 10.2. The smallest absolute Gasteiger partial charge is 0.180 e. The van der Waals surface area contributed by atoms with Crippen molar-refractivity contribution in [3.63, 3.8) is 0 Å². The van der Waals surface area contributed by atoms with Crippen molar-refractivity contribution in [2.45, 2.75) is 5.75 Å². The summed E-state index contributed by atoms with van der Waals surface area (Å²) in [6.07, 6.45) is 1.13. The van der Waals surface area contributed by atoms with Gasteiger partial charge in [0.25, 0.3) is 0 Å². The average Bonchev–Trinajstić information content (AvgIpc) is 2.50. The molecule has 0 radical (unpaired) electrons. The molecule has 0 aromatic heterocycles. The molecule has 6 heteroatoms. The van der Waals surface area contributed by atoms with E-state index in [-0.39, 0.29) is 10.7 Å². The van der Waals surface area contributed by atoms with Gasteiger partial charge < -0.3 is 5.73 Å². The van der Waals surface area contributed by atoms with Crippen LogP contribution in [0.25, 0.3) is 0 Å². The molecule has 2 aromatic rings. The van der Waals surface area contributed by atoms with Gasteiger partial charge in [-0.25, -0.2) is 8.78 Å². The molecule has 0 amide bonds. The van der Waals surface area contributed by atoms with E-state index >= 15 is 0 Å². The highest BCUT2D eigenvalue weighted by molar-refractivity contribution is 8.13. The Kier molecular flexibility index (Phi) is 5.45. The van der Waals surface area contributed by atoms with E-state index in [1.807, 2.05) is 30.3 Å². The van der Waals surface area contributed by atoms with E-state index in [4.69, 9.17) is 5.73 Å². The molecule has 3 nitrogen and oxygen atoms in total. The summed E-state index contributed by atoms with van der Waals surface area (Å²) in [6, 6.07) is 13.6. The maximum Gasteiger partial charge on any atom is 0.180 e. The minimum Gasteiger partial charge on any atom is -0.377 e. The first-order valence-corrected chi connectivity index (χ1v) is 7.12. The van der Waals surface area contributed by atoms with Crippen molar-refractivity contribution in [1.82, 2.24) is 0 Å². The first kappa shape index (κ1) is 15.2. The summed E-state index contributed by atoms with van der Waals surface area (Å²) in [5, 5.41) is 7.67. The van der Waals surface area contributed by atoms with Gasteiger partial charge in [0.2, 0.25) is 0 Å². The summed E-state index contributed by atoms with van der Waals surface area (Å²) < 4.78 is 26.3. The SMILES string of the molecule is NC(=NN=Cc1cccc(F)c1F)SCc1ccccc1. The number of benzene rings is 2. The van der Waals surface area contributed by atoms with Gasteiger partial charge in [0.05, 0.1) is 6.21 Å². The van der Waals surface area contributed by atoms with Gasteiger partial charge in [0, 0.05) is 11.3 Å². The molecule has 0 heterocycles. The molecule has 0 saturated heterocycles. The fraction of sp³-hybridized carbons (Fsp3) is 0.0667. The molecular formula is C15H13F2N3S. The molecule has 0 aliphatic heterocycles. The van der Waals surface area contributed by atoms with Gasteiger partial charge in [0.1, 0.15) is 0 Å². The van der Waals surface area contributed by atoms with Crippen molar-refractivity contribution in [1.29, 1.82) is 0 Å². The maximum absolute atomic E-state index is 13.3. The third-order valence-corrected chi connectivity index (χ3v) is 3.42. The number of thioether (sulfide) groups is 1. The van der Waals surface area contributed by atoms with Gasteiger partial charge in [0.15, 0.2) is 16.8 Å². The molecule has 0 aliphatic carbocycles. The van der Waals surface area contributed by atoms with E-state index in [1.54, 1.807) is 0 Å². The van der Waals surface area contributed by atoms with E-state index in [9.17, 15) is 8.78 Å². The van der Waals surface area contributed by atoms with Crippen LogP contribution in [0.4, 0.5) is 8.78 Å². The third-order valence-electron chi connectivity index (χ3n) is 2.56. The Hall–Kier alpha value is -2.21. The lowest BCUT2D eigenvalue weighted by Gasteiger charge is -1.99. The van der Waals surface area contributed by atoms with Crippen LogP contribution in [-0.2, 0) is 5.75 Å². The Morgan fingerprint density at radius 1 is 1.10 bits per heavy atom. The van der Waals surface area contributed by atoms with E-state index in [0.29, 0.717) is 5.75 Å². The molecule has 0 bridgehead atoms. The highest BCUT2D eigenvalue weighted by Crippen LogP contribution is 2.12. The standard InChI is InChI=1S/C15H13F2N3S/c16-13-8-4-7-12(14(13)17)9-19-20-15(18)21-10-11-5-2-1-3-6-11/h1-9H,10H2,(H2,18,20). The first-order chi connectivity index (χ1) is 10.2. The lowest BCUT2D eigenvalue weighted by Crippen LogP contribution is -2.06. The zero-order valence-corrected chi connectivity index (χ0v) is 11.9. The lowest BCUT2D eigenvalue weighted by molar-refractivity contribution is 0.507. The molecule has 0 unspecified atom stereocenters. The van der Waals surface area contributed by atoms with Crippen molar-refractivity contribution in [3.05, 3.63) is 71.3 Å². The third kappa shape index (κ3) is 4.68. The van der Waals surface area contributed by atoms with E-state index in [2.05, 4.69) is 10.2 Å². The zero-order valence-electron chi connectivity index (χ0n) is 11.0. The van der Waals surface area contributed by atoms with Crippen LogP contribution in [0, 0.1) is 11.6 Å². The Labute approximate surface area is 125 Å². The molecule has 2 rings (SSSR count). The summed E-state index contributed by atoms with van der Waals surface area (Å²) >= 11 is 1.32. The van der Waals surface area contributed by atoms with Crippen LogP contribution in [0.5, 0.6) is 0 Å².